The number of hydrogen-bond donors (Lipinski definition) is 0. The third kappa shape index (κ3) is 5440. The van der Waals surface area contributed by atoms with Crippen molar-refractivity contribution >= 4 is 20.8 Å². The second kappa shape index (κ2) is 25.6. The molecule has 0 amide bonds. The summed E-state index contributed by atoms with van der Waals surface area (Å²) in [6.07, 6.45) is 0. The van der Waals surface area contributed by atoms with E-state index in [1.807, 2.05) is 0 Å². The van der Waals surface area contributed by atoms with Crippen LogP contribution in [0.15, 0.2) is 0 Å². The topological polar surface area (TPSA) is 350 Å². The van der Waals surface area contributed by atoms with Gasteiger partial charge in [0, 0.05) is 20.8 Å². The van der Waals surface area contributed by atoms with Crippen molar-refractivity contribution in [2.45, 2.75) is 0 Å². The van der Waals surface area contributed by atoms with Crippen molar-refractivity contribution in [3.05, 3.63) is 0 Å². The van der Waals surface area contributed by atoms with Gasteiger partial charge in [-0.05, 0) is 0 Å². The van der Waals surface area contributed by atoms with Gasteiger partial charge in [-0.25, -0.2) is 0 Å². The fourth-order valence-corrected chi connectivity index (χ4v) is 0. The van der Waals surface area contributed by atoms with Crippen LogP contribution < -0.4 is 0 Å². The van der Waals surface area contributed by atoms with Gasteiger partial charge in [-0.1, -0.05) is 0 Å². The smallest absolute Gasteiger partial charge is 0.759 e. The van der Waals surface area contributed by atoms with Crippen LogP contribution in [-0.2, 0) is 20.8 Å². The Balaban J connectivity index is -0.00000000762. The average molecular weight is 532 g/mol. The summed E-state index contributed by atoms with van der Waals surface area (Å²) in [6.45, 7) is 0. The zero-order valence-corrected chi connectivity index (χ0v) is 13.3. The first-order chi connectivity index (χ1) is 4.00. The molecule has 0 spiro atoms. The molecular weight excluding hydrogens is 520 g/mol. The molecule has 14 nitrogen and oxygen atoms in total. The van der Waals surface area contributed by atoms with Crippen molar-refractivity contribution in [3.63, 3.8) is 0 Å². The zero-order valence-electron chi connectivity index (χ0n) is 7.58. The Hall–Kier alpha value is 0.825. The maximum absolute atomic E-state index is 8.52. The molecule has 0 aromatic heterocycles. The Morgan fingerprint density at radius 1 is 0.471 bits per heavy atom. The molecule has 0 rings (SSSR count). The van der Waals surface area contributed by atoms with E-state index >= 15 is 0 Å². The quantitative estimate of drug-likeness (QED) is 0.212. The zero-order chi connectivity index (χ0) is 9.00. The Labute approximate surface area is 128 Å². The molecule has 12 N–H and O–H groups in total. The van der Waals surface area contributed by atoms with Gasteiger partial charge in [0.2, 0.25) is 0 Å². The SMILES string of the molecule is O.O.O.O.O.O.O=S(=O)([O-])[O-].O=S(=O)([O-])[O-].[Th+4]. The molecule has 0 unspecified atom stereocenters. The van der Waals surface area contributed by atoms with Crippen LogP contribution in [0.2, 0.25) is 0 Å². The van der Waals surface area contributed by atoms with Crippen LogP contribution in [0.25, 0.3) is 0 Å². The molecule has 0 bridgehead atoms. The van der Waals surface area contributed by atoms with Crippen LogP contribution in [0.5, 0.6) is 0 Å². The maximum atomic E-state index is 8.52. The minimum Gasteiger partial charge on any atom is -0.759 e. The van der Waals surface area contributed by atoms with Crippen molar-refractivity contribution in [2.24, 2.45) is 0 Å². The monoisotopic (exact) mass is 532 g/mol. The van der Waals surface area contributed by atoms with Gasteiger partial charge in [0.05, 0.1) is 0 Å². The van der Waals surface area contributed by atoms with Gasteiger partial charge in [0.1, 0.15) is 0 Å². The molecule has 0 radical (unpaired) electrons. The third-order valence-electron chi connectivity index (χ3n) is 0. The van der Waals surface area contributed by atoms with E-state index in [0.29, 0.717) is 0 Å². The minimum absolute atomic E-state index is 0. The van der Waals surface area contributed by atoms with Crippen molar-refractivity contribution in [1.82, 2.24) is 0 Å². The summed E-state index contributed by atoms with van der Waals surface area (Å²) in [5.41, 5.74) is 0. The van der Waals surface area contributed by atoms with E-state index in [4.69, 9.17) is 35.0 Å². The van der Waals surface area contributed by atoms with Crippen LogP contribution in [-0.4, -0.2) is 67.9 Å². The van der Waals surface area contributed by atoms with Gasteiger partial charge in [0.25, 0.3) is 0 Å². The molecule has 0 heterocycles. The predicted molar refractivity (Wildman–Crippen MR) is 42.6 cm³/mol. The van der Waals surface area contributed by atoms with Gasteiger partial charge in [0.15, 0.2) is 0 Å². The minimum atomic E-state index is -5.17. The summed E-state index contributed by atoms with van der Waals surface area (Å²) >= 11 is 0. The molecule has 0 aliphatic rings. The van der Waals surface area contributed by atoms with E-state index in [-0.39, 0.29) is 72.8 Å². The standard InChI is InChI=1S/2H2O4S.6H2O.Th/c2*1-5(2,3)4;;;;;;;/h2*(H2,1,2,3,4);6*1H2;/q;;;;;;;;+4/p-4. The fourth-order valence-electron chi connectivity index (χ4n) is 0. The first-order valence-corrected chi connectivity index (χ1v) is 4.00. The van der Waals surface area contributed by atoms with Gasteiger partial charge in [-0.3, -0.25) is 16.8 Å². The van der Waals surface area contributed by atoms with E-state index in [9.17, 15) is 0 Å². The summed E-state index contributed by atoms with van der Waals surface area (Å²) in [5, 5.41) is 0. The van der Waals surface area contributed by atoms with Crippen molar-refractivity contribution in [2.75, 3.05) is 0 Å². The first kappa shape index (κ1) is 64.8. The number of hydrogen-bond acceptors (Lipinski definition) is 8. The van der Waals surface area contributed by atoms with Gasteiger partial charge >= 0.3 is 39.9 Å². The van der Waals surface area contributed by atoms with Gasteiger partial charge in [-0.15, -0.1) is 0 Å². The predicted octanol–water partition coefficient (Wildman–Crippen LogP) is -7.62. The molecule has 0 aromatic carbocycles. The molecule has 0 atom stereocenters. The first-order valence-electron chi connectivity index (χ1n) is 1.33. The molecule has 0 aliphatic carbocycles. The number of rotatable bonds is 0. The Kier molecular flexibility index (Phi) is 97.6. The fraction of sp³-hybridized carbons (Fsp3) is 0. The second-order valence-electron chi connectivity index (χ2n) is 0.816. The van der Waals surface area contributed by atoms with Crippen molar-refractivity contribution in [3.8, 4) is 0 Å². The molecule has 17 heavy (non-hydrogen) atoms. The van der Waals surface area contributed by atoms with Crippen molar-refractivity contribution in [1.29, 1.82) is 0 Å². The molecule has 0 aromatic rings. The molecule has 0 aliphatic heterocycles. The molecule has 0 saturated carbocycles. The molecule has 17 heteroatoms. The summed E-state index contributed by atoms with van der Waals surface area (Å²) in [7, 11) is -10.3. The largest absolute Gasteiger partial charge is 4.00 e. The molecular formula is H12O14S2Th. The van der Waals surface area contributed by atoms with Crippen LogP contribution in [0, 0.1) is 39.9 Å². The average Bonchev–Trinajstić information content (AvgIpc) is 1.12. The van der Waals surface area contributed by atoms with E-state index in [0.717, 1.165) is 0 Å². The Morgan fingerprint density at radius 3 is 0.471 bits per heavy atom. The van der Waals surface area contributed by atoms with E-state index in [2.05, 4.69) is 0 Å². The summed E-state index contributed by atoms with van der Waals surface area (Å²) in [4.78, 5) is 0. The molecule has 0 saturated heterocycles. The maximum Gasteiger partial charge on any atom is 4.00 e. The summed E-state index contributed by atoms with van der Waals surface area (Å²) in [5.74, 6) is 0. The third-order valence-corrected chi connectivity index (χ3v) is 0. The van der Waals surface area contributed by atoms with Crippen LogP contribution in [0.3, 0.4) is 0 Å². The van der Waals surface area contributed by atoms with Gasteiger partial charge < -0.3 is 51.1 Å². The normalized spacial score (nSPS) is 6.82. The van der Waals surface area contributed by atoms with E-state index in [1.165, 1.54) is 0 Å². The van der Waals surface area contributed by atoms with Crippen LogP contribution >= 0.6 is 0 Å². The Morgan fingerprint density at radius 2 is 0.471 bits per heavy atom. The summed E-state index contributed by atoms with van der Waals surface area (Å²) in [6, 6.07) is 0. The second-order valence-corrected chi connectivity index (χ2v) is 2.45. The van der Waals surface area contributed by atoms with Crippen LogP contribution in [0.1, 0.15) is 0 Å². The van der Waals surface area contributed by atoms with E-state index in [1.54, 1.807) is 0 Å². The Bertz CT molecular complexity index is 211. The molecule has 0 fully saturated rings. The van der Waals surface area contributed by atoms with E-state index < -0.39 is 20.8 Å². The summed E-state index contributed by atoms with van der Waals surface area (Å²) < 4.78 is 68.2. The van der Waals surface area contributed by atoms with Crippen molar-refractivity contribution < 1.29 is 108 Å². The van der Waals surface area contributed by atoms with Crippen LogP contribution in [0.4, 0.5) is 0 Å². The van der Waals surface area contributed by atoms with Gasteiger partial charge in [-0.2, -0.15) is 0 Å². The molecule has 112 valence electrons.